The van der Waals surface area contributed by atoms with Gasteiger partial charge in [0.2, 0.25) is 0 Å². The highest BCUT2D eigenvalue weighted by molar-refractivity contribution is 5.78. The predicted octanol–water partition coefficient (Wildman–Crippen LogP) is 14.1. The molecule has 0 saturated carbocycles. The molecule has 66 heavy (non-hydrogen) atoms. The number of amides is 1. The van der Waals surface area contributed by atoms with E-state index in [-0.39, 0.29) is 46.0 Å². The molecule has 1 aliphatic carbocycles. The highest BCUT2D eigenvalue weighted by Crippen LogP contribution is 2.44. The SMILES string of the molecule is CCCOc1c2cc(C(C)(C)C)cc1Cc1cc(C(C)(C)C)cc(c1OCCC)Cc1cc(C(C)(C)C)cc(c1OCC(=O)N[C@@H](C)c1ccccc1)Cc1cc(C(C)(C)C)cc(c1O)C2. The lowest BCUT2D eigenvalue weighted by Crippen LogP contribution is -2.31. The summed E-state index contributed by atoms with van der Waals surface area (Å²) in [6.45, 7) is 34.3. The lowest BCUT2D eigenvalue weighted by molar-refractivity contribution is -0.123. The molecule has 0 spiro atoms. The van der Waals surface area contributed by atoms with E-state index in [1.54, 1.807) is 0 Å². The van der Waals surface area contributed by atoms with Crippen molar-refractivity contribution in [2.24, 2.45) is 0 Å². The summed E-state index contributed by atoms with van der Waals surface area (Å²) in [5, 5.41) is 15.8. The van der Waals surface area contributed by atoms with Crippen LogP contribution in [0.25, 0.3) is 0 Å². The third-order valence-electron chi connectivity index (χ3n) is 12.9. The smallest absolute Gasteiger partial charge is 0.258 e. The number of rotatable bonds is 11. The van der Waals surface area contributed by atoms with Gasteiger partial charge in [-0.15, -0.1) is 0 Å². The average Bonchev–Trinajstić information content (AvgIpc) is 3.22. The van der Waals surface area contributed by atoms with E-state index in [2.05, 4.69) is 151 Å². The minimum Gasteiger partial charge on any atom is -0.507 e. The maximum Gasteiger partial charge on any atom is 0.258 e. The van der Waals surface area contributed by atoms with Gasteiger partial charge in [-0.2, -0.15) is 0 Å². The molecule has 6 heteroatoms. The van der Waals surface area contributed by atoms with Crippen LogP contribution < -0.4 is 19.5 Å². The van der Waals surface area contributed by atoms with Gasteiger partial charge in [-0.3, -0.25) is 4.79 Å². The summed E-state index contributed by atoms with van der Waals surface area (Å²) >= 11 is 0. The standard InChI is InChI=1S/C60H79NO5/c1-16-23-64-54-42-25-40-29-48(57(4,5)6)30-41(53(40)63)26-43-32-50(59(10,11)12)36-47(56(43)66-37-52(62)61-38(3)39-21-19-18-20-22-39)28-46-35-51(60(13,14)15)34-45(55(46)65-24-17-2)27-44(54)33-49(31-42)58(7,8)9/h18-22,29-36,38,63H,16-17,23-28,37H2,1-15H3,(H,61,62)/t38-/m0/s1. The second kappa shape index (κ2) is 19.9. The Balaban J connectivity index is 1.69. The highest BCUT2D eigenvalue weighted by atomic mass is 16.5. The molecule has 1 atom stereocenters. The number of phenolic OH excluding ortho intramolecular Hbond substituents is 1. The molecule has 5 aromatic carbocycles. The van der Waals surface area contributed by atoms with Gasteiger partial charge in [0.1, 0.15) is 23.0 Å². The number of nitrogens with one attached hydrogen (secondary N) is 1. The Morgan fingerprint density at radius 3 is 1.14 bits per heavy atom. The van der Waals surface area contributed by atoms with Crippen LogP contribution in [0.3, 0.4) is 0 Å². The van der Waals surface area contributed by atoms with Crippen molar-refractivity contribution >= 4 is 5.91 Å². The van der Waals surface area contributed by atoms with Gasteiger partial charge in [0.05, 0.1) is 19.3 Å². The van der Waals surface area contributed by atoms with E-state index >= 15 is 0 Å². The zero-order chi connectivity index (χ0) is 48.4. The van der Waals surface area contributed by atoms with Crippen molar-refractivity contribution < 1.29 is 24.1 Å². The summed E-state index contributed by atoms with van der Waals surface area (Å²) < 4.78 is 20.6. The Bertz CT molecular complexity index is 2510. The van der Waals surface area contributed by atoms with Crippen molar-refractivity contribution in [1.29, 1.82) is 0 Å². The number of hydrogen-bond acceptors (Lipinski definition) is 5. The number of aromatic hydroxyl groups is 1. The van der Waals surface area contributed by atoms with Crippen LogP contribution >= 0.6 is 0 Å². The Labute approximate surface area is 397 Å². The molecule has 8 bridgehead atoms. The van der Waals surface area contributed by atoms with Crippen LogP contribution in [0.5, 0.6) is 23.0 Å². The number of phenols is 1. The van der Waals surface area contributed by atoms with Gasteiger partial charge in [0.25, 0.3) is 5.91 Å². The molecule has 0 saturated heterocycles. The second-order valence-electron chi connectivity index (χ2n) is 22.9. The van der Waals surface area contributed by atoms with Crippen molar-refractivity contribution in [3.8, 4) is 23.0 Å². The van der Waals surface area contributed by atoms with Crippen LogP contribution in [0.2, 0.25) is 0 Å². The van der Waals surface area contributed by atoms with Gasteiger partial charge in [0.15, 0.2) is 6.61 Å². The molecule has 0 aromatic heterocycles. The fourth-order valence-electron chi connectivity index (χ4n) is 8.84. The third kappa shape index (κ3) is 12.0. The first-order chi connectivity index (χ1) is 30.9. The van der Waals surface area contributed by atoms with Crippen LogP contribution in [-0.4, -0.2) is 30.8 Å². The number of carbonyl (C=O) groups is 1. The first kappa shape index (κ1) is 50.2. The summed E-state index contributed by atoms with van der Waals surface area (Å²) in [4.78, 5) is 13.9. The minimum atomic E-state index is -0.214. The van der Waals surface area contributed by atoms with E-state index in [1.807, 2.05) is 37.3 Å². The monoisotopic (exact) mass is 894 g/mol. The van der Waals surface area contributed by atoms with Crippen molar-refractivity contribution in [2.75, 3.05) is 19.8 Å². The summed E-state index contributed by atoms with van der Waals surface area (Å²) in [5.41, 5.74) is 13.0. The van der Waals surface area contributed by atoms with E-state index in [4.69, 9.17) is 14.2 Å². The van der Waals surface area contributed by atoms with Gasteiger partial charge in [-0.1, -0.05) is 176 Å². The molecule has 5 aromatic rings. The van der Waals surface area contributed by atoms with Crippen LogP contribution in [-0.2, 0) is 52.1 Å². The first-order valence-electron chi connectivity index (χ1n) is 24.4. The number of carbonyl (C=O) groups excluding carboxylic acids is 1. The maximum absolute atomic E-state index is 13.9. The lowest BCUT2D eigenvalue weighted by atomic mass is 9.79. The molecule has 0 unspecified atom stereocenters. The average molecular weight is 894 g/mol. The highest BCUT2D eigenvalue weighted by Gasteiger charge is 2.29. The van der Waals surface area contributed by atoms with E-state index in [1.165, 1.54) is 11.1 Å². The van der Waals surface area contributed by atoms with Crippen LogP contribution in [0.15, 0.2) is 78.9 Å². The normalized spacial score (nSPS) is 13.8. The van der Waals surface area contributed by atoms with Crippen LogP contribution in [0, 0.1) is 0 Å². The largest absolute Gasteiger partial charge is 0.507 e. The lowest BCUT2D eigenvalue weighted by Gasteiger charge is -2.29. The zero-order valence-corrected chi connectivity index (χ0v) is 43.0. The fraction of sp³-hybridized carbons (Fsp3) is 0.483. The van der Waals surface area contributed by atoms with Gasteiger partial charge in [-0.05, 0) is 114 Å². The van der Waals surface area contributed by atoms with Crippen LogP contribution in [0.4, 0.5) is 0 Å². The Morgan fingerprint density at radius 1 is 0.515 bits per heavy atom. The molecular formula is C60H79NO5. The molecular weight excluding hydrogens is 815 g/mol. The molecule has 0 fully saturated rings. The molecule has 6 nitrogen and oxygen atoms in total. The maximum atomic E-state index is 13.9. The zero-order valence-electron chi connectivity index (χ0n) is 43.0. The van der Waals surface area contributed by atoms with Crippen LogP contribution in [0.1, 0.15) is 195 Å². The van der Waals surface area contributed by atoms with Gasteiger partial charge in [0, 0.05) is 25.7 Å². The van der Waals surface area contributed by atoms with E-state index in [0.29, 0.717) is 44.6 Å². The minimum absolute atomic E-state index is 0.144. The summed E-state index contributed by atoms with van der Waals surface area (Å²) in [6, 6.07) is 28.0. The van der Waals surface area contributed by atoms with Crippen molar-refractivity contribution in [3.63, 3.8) is 0 Å². The third-order valence-corrected chi connectivity index (χ3v) is 12.9. The van der Waals surface area contributed by atoms with Gasteiger partial charge < -0.3 is 24.6 Å². The number of fused-ring (bicyclic) bond motifs is 8. The van der Waals surface area contributed by atoms with Crippen molar-refractivity contribution in [3.05, 3.63) is 151 Å². The number of ether oxygens (including phenoxy) is 3. The second-order valence-corrected chi connectivity index (χ2v) is 22.9. The molecule has 354 valence electrons. The predicted molar refractivity (Wildman–Crippen MR) is 274 cm³/mol. The van der Waals surface area contributed by atoms with Gasteiger partial charge >= 0.3 is 0 Å². The molecule has 1 amide bonds. The summed E-state index contributed by atoms with van der Waals surface area (Å²) in [7, 11) is 0. The van der Waals surface area contributed by atoms with E-state index in [9.17, 15) is 9.90 Å². The van der Waals surface area contributed by atoms with E-state index in [0.717, 1.165) is 85.5 Å². The van der Waals surface area contributed by atoms with Crippen molar-refractivity contribution in [2.45, 2.75) is 170 Å². The summed E-state index contributed by atoms with van der Waals surface area (Å²) in [5.74, 6) is 2.52. The quantitative estimate of drug-likeness (QED) is 0.135. The Kier molecular flexibility index (Phi) is 15.2. The molecule has 0 heterocycles. The molecule has 0 aliphatic heterocycles. The Hall–Kier alpha value is -5.23. The number of benzene rings is 5. The number of hydrogen-bond donors (Lipinski definition) is 2. The Morgan fingerprint density at radius 2 is 0.818 bits per heavy atom. The topological polar surface area (TPSA) is 77.0 Å². The molecule has 2 N–H and O–H groups in total. The molecule has 1 aliphatic rings. The molecule has 0 radical (unpaired) electrons. The van der Waals surface area contributed by atoms with Crippen molar-refractivity contribution in [1.82, 2.24) is 5.32 Å². The van der Waals surface area contributed by atoms with E-state index < -0.39 is 0 Å². The molecule has 6 rings (SSSR count). The summed E-state index contributed by atoms with van der Waals surface area (Å²) in [6.07, 6.45) is 3.73. The first-order valence-corrected chi connectivity index (χ1v) is 24.4. The fourth-order valence-corrected chi connectivity index (χ4v) is 8.84. The van der Waals surface area contributed by atoms with Gasteiger partial charge in [-0.25, -0.2) is 0 Å².